The maximum Gasteiger partial charge on any atom is 0.257 e. The minimum Gasteiger partial charge on any atom is -0.495 e. The van der Waals surface area contributed by atoms with E-state index in [1.165, 1.54) is 13.2 Å². The first-order valence-corrected chi connectivity index (χ1v) is 11.3. The zero-order chi connectivity index (χ0) is 21.1. The summed E-state index contributed by atoms with van der Waals surface area (Å²) in [6.07, 6.45) is 0.672. The van der Waals surface area contributed by atoms with Crippen LogP contribution in [0.4, 0.5) is 0 Å². The largest absolute Gasteiger partial charge is 0.495 e. The molecule has 0 spiro atoms. The summed E-state index contributed by atoms with van der Waals surface area (Å²) in [5, 5.41) is 4.37. The third-order valence-corrected chi connectivity index (χ3v) is 6.64. The number of benzene rings is 2. The van der Waals surface area contributed by atoms with Gasteiger partial charge in [-0.05, 0) is 36.8 Å². The number of ether oxygens (including phenoxy) is 1. The number of halogens is 1. The SMILES string of the molecule is COc1ccc(Cl)cc1S(=O)(=O)N[C@H]1CCN(Cc2noc(-c3ccccc3)n2)C1. The standard InChI is InChI=1S/C20H21ClN4O4S/c1-28-17-8-7-15(21)11-18(17)30(26,27)24-16-9-10-25(12-16)13-19-22-20(29-23-19)14-5-3-2-4-6-14/h2-8,11,16,24H,9-10,12-13H2,1H3/t16-/m0/s1. The highest BCUT2D eigenvalue weighted by Gasteiger charge is 2.29. The van der Waals surface area contributed by atoms with Gasteiger partial charge in [0.2, 0.25) is 10.0 Å². The summed E-state index contributed by atoms with van der Waals surface area (Å²) in [7, 11) is -2.35. The lowest BCUT2D eigenvalue weighted by atomic mass is 10.2. The van der Waals surface area contributed by atoms with Gasteiger partial charge in [0.25, 0.3) is 5.89 Å². The lowest BCUT2D eigenvalue weighted by molar-refractivity contribution is 0.307. The number of methoxy groups -OCH3 is 1. The molecular weight excluding hydrogens is 428 g/mol. The molecule has 0 unspecified atom stereocenters. The van der Waals surface area contributed by atoms with Crippen molar-refractivity contribution in [2.45, 2.75) is 23.9 Å². The van der Waals surface area contributed by atoms with Gasteiger partial charge in [0, 0.05) is 29.7 Å². The average Bonchev–Trinajstić information content (AvgIpc) is 3.38. The van der Waals surface area contributed by atoms with E-state index in [-0.39, 0.29) is 16.7 Å². The Bertz CT molecular complexity index is 1120. The molecule has 1 aliphatic heterocycles. The van der Waals surface area contributed by atoms with Gasteiger partial charge in [0.15, 0.2) is 5.82 Å². The Labute approximate surface area is 179 Å². The van der Waals surface area contributed by atoms with Crippen molar-refractivity contribution in [2.75, 3.05) is 20.2 Å². The van der Waals surface area contributed by atoms with Gasteiger partial charge in [-0.2, -0.15) is 4.98 Å². The molecule has 0 radical (unpaired) electrons. The van der Waals surface area contributed by atoms with Crippen molar-refractivity contribution in [3.63, 3.8) is 0 Å². The quantitative estimate of drug-likeness (QED) is 0.593. The monoisotopic (exact) mass is 448 g/mol. The van der Waals surface area contributed by atoms with Crippen molar-refractivity contribution in [3.8, 4) is 17.2 Å². The maximum absolute atomic E-state index is 12.8. The Hall–Kier alpha value is -2.46. The third-order valence-electron chi connectivity index (χ3n) is 4.86. The Kier molecular flexibility index (Phi) is 6.05. The molecule has 0 amide bonds. The average molecular weight is 449 g/mol. The van der Waals surface area contributed by atoms with Crippen LogP contribution in [0.25, 0.3) is 11.5 Å². The van der Waals surface area contributed by atoms with Gasteiger partial charge in [0.1, 0.15) is 10.6 Å². The van der Waals surface area contributed by atoms with Crippen LogP contribution < -0.4 is 9.46 Å². The minimum absolute atomic E-state index is 0.0293. The second kappa shape index (κ2) is 8.73. The minimum atomic E-state index is -3.77. The van der Waals surface area contributed by atoms with E-state index in [0.29, 0.717) is 36.2 Å². The van der Waals surface area contributed by atoms with Crippen LogP contribution in [0.3, 0.4) is 0 Å². The number of rotatable bonds is 7. The van der Waals surface area contributed by atoms with Crippen molar-refractivity contribution in [1.82, 2.24) is 19.8 Å². The zero-order valence-corrected chi connectivity index (χ0v) is 17.9. The van der Waals surface area contributed by atoms with Gasteiger partial charge in [-0.1, -0.05) is 35.0 Å². The van der Waals surface area contributed by atoms with Crippen LogP contribution >= 0.6 is 11.6 Å². The van der Waals surface area contributed by atoms with Gasteiger partial charge >= 0.3 is 0 Å². The van der Waals surface area contributed by atoms with Gasteiger partial charge in [-0.3, -0.25) is 4.90 Å². The molecule has 10 heteroatoms. The number of sulfonamides is 1. The lowest BCUT2D eigenvalue weighted by Gasteiger charge is -2.16. The summed E-state index contributed by atoms with van der Waals surface area (Å²) in [6.45, 7) is 1.74. The molecule has 1 atom stereocenters. The molecule has 2 aromatic carbocycles. The molecule has 1 aliphatic rings. The van der Waals surface area contributed by atoms with Gasteiger partial charge in [-0.15, -0.1) is 0 Å². The van der Waals surface area contributed by atoms with Crippen molar-refractivity contribution in [1.29, 1.82) is 0 Å². The van der Waals surface area contributed by atoms with Gasteiger partial charge in [-0.25, -0.2) is 13.1 Å². The van der Waals surface area contributed by atoms with Crippen LogP contribution in [0.2, 0.25) is 5.02 Å². The van der Waals surface area contributed by atoms with Crippen LogP contribution in [0.1, 0.15) is 12.2 Å². The van der Waals surface area contributed by atoms with E-state index in [1.807, 2.05) is 30.3 Å². The highest BCUT2D eigenvalue weighted by atomic mass is 35.5. The Balaban J connectivity index is 1.39. The van der Waals surface area contributed by atoms with Crippen molar-refractivity contribution < 1.29 is 17.7 Å². The molecule has 1 aromatic heterocycles. The summed E-state index contributed by atoms with van der Waals surface area (Å²) in [5.74, 6) is 1.28. The molecule has 0 bridgehead atoms. The van der Waals surface area contributed by atoms with Crippen LogP contribution in [-0.2, 0) is 16.6 Å². The molecule has 0 aliphatic carbocycles. The number of nitrogens with zero attached hydrogens (tertiary/aromatic N) is 3. The number of aromatic nitrogens is 2. The van der Waals surface area contributed by atoms with E-state index in [4.69, 9.17) is 20.9 Å². The fourth-order valence-corrected chi connectivity index (χ4v) is 5.13. The molecule has 0 saturated carbocycles. The summed E-state index contributed by atoms with van der Waals surface area (Å²) in [4.78, 5) is 6.55. The second-order valence-electron chi connectivity index (χ2n) is 7.02. The molecule has 30 heavy (non-hydrogen) atoms. The fraction of sp³-hybridized carbons (Fsp3) is 0.300. The second-order valence-corrected chi connectivity index (χ2v) is 9.14. The molecule has 3 aromatic rings. The molecule has 8 nitrogen and oxygen atoms in total. The Morgan fingerprint density at radius 3 is 2.83 bits per heavy atom. The lowest BCUT2D eigenvalue weighted by Crippen LogP contribution is -2.37. The molecular formula is C20H21ClN4O4S. The molecule has 1 fully saturated rings. The van der Waals surface area contributed by atoms with E-state index in [9.17, 15) is 8.42 Å². The van der Waals surface area contributed by atoms with E-state index >= 15 is 0 Å². The van der Waals surface area contributed by atoms with Gasteiger partial charge in [0.05, 0.1) is 13.7 Å². The van der Waals surface area contributed by atoms with Crippen molar-refractivity contribution in [2.24, 2.45) is 0 Å². The summed E-state index contributed by atoms with van der Waals surface area (Å²) in [5.41, 5.74) is 0.860. The maximum atomic E-state index is 12.8. The molecule has 2 heterocycles. The fourth-order valence-electron chi connectivity index (χ4n) is 3.43. The van der Waals surface area contributed by atoms with E-state index in [1.54, 1.807) is 12.1 Å². The number of nitrogens with one attached hydrogen (secondary N) is 1. The van der Waals surface area contributed by atoms with Crippen molar-refractivity contribution >= 4 is 21.6 Å². The van der Waals surface area contributed by atoms with Gasteiger partial charge < -0.3 is 9.26 Å². The highest BCUT2D eigenvalue weighted by Crippen LogP contribution is 2.28. The predicted octanol–water partition coefficient (Wildman–Crippen LogP) is 2.95. The van der Waals surface area contributed by atoms with Crippen LogP contribution in [-0.4, -0.2) is 49.7 Å². The topological polar surface area (TPSA) is 97.6 Å². The molecule has 158 valence electrons. The van der Waals surface area contributed by atoms with Crippen molar-refractivity contribution in [3.05, 3.63) is 59.4 Å². The highest BCUT2D eigenvalue weighted by molar-refractivity contribution is 7.89. The van der Waals surface area contributed by atoms with E-state index in [2.05, 4.69) is 19.8 Å². The molecule has 1 N–H and O–H groups in total. The smallest absolute Gasteiger partial charge is 0.257 e. The summed E-state index contributed by atoms with van der Waals surface area (Å²) >= 11 is 5.98. The molecule has 1 saturated heterocycles. The predicted molar refractivity (Wildman–Crippen MR) is 112 cm³/mol. The first-order valence-electron chi connectivity index (χ1n) is 9.41. The first-order chi connectivity index (χ1) is 14.4. The zero-order valence-electron chi connectivity index (χ0n) is 16.3. The van der Waals surface area contributed by atoms with Crippen LogP contribution in [0.5, 0.6) is 5.75 Å². The molecule has 4 rings (SSSR count). The Morgan fingerprint density at radius 2 is 2.07 bits per heavy atom. The normalized spacial score (nSPS) is 17.3. The van der Waals surface area contributed by atoms with E-state index in [0.717, 1.165) is 12.1 Å². The number of hydrogen-bond donors (Lipinski definition) is 1. The Morgan fingerprint density at radius 1 is 1.27 bits per heavy atom. The van der Waals surface area contributed by atoms with E-state index < -0.39 is 10.0 Å². The number of likely N-dealkylation sites (tertiary alicyclic amines) is 1. The summed E-state index contributed by atoms with van der Waals surface area (Å²) < 4.78 is 38.9. The summed E-state index contributed by atoms with van der Waals surface area (Å²) in [6, 6.07) is 13.8. The van der Waals surface area contributed by atoms with Crippen LogP contribution in [0, 0.1) is 0 Å². The number of hydrogen-bond acceptors (Lipinski definition) is 7. The van der Waals surface area contributed by atoms with Crippen LogP contribution in [0.15, 0.2) is 57.9 Å². The first kappa shape index (κ1) is 20.8. The third kappa shape index (κ3) is 4.65.